The van der Waals surface area contributed by atoms with Gasteiger partial charge in [0.05, 0.1) is 159 Å². The largest absolute Gasteiger partial charge is 0.467 e. The maximum Gasteiger partial charge on any atom is 0.331 e. The molecule has 0 aliphatic heterocycles. The molecule has 0 aromatic carbocycles. The number of hydrogen-bond donors (Lipinski definition) is 0. The Labute approximate surface area is 280 Å². The normalized spacial score (nSPS) is 11.3. The summed E-state index contributed by atoms with van der Waals surface area (Å²) < 4.78 is 74.1. The first kappa shape index (κ1) is 45.5. The Bertz CT molecular complexity index is 643. The molecule has 0 aliphatic rings. The van der Waals surface area contributed by atoms with Gasteiger partial charge in [-0.15, -0.1) is 0 Å². The molecule has 47 heavy (non-hydrogen) atoms. The van der Waals surface area contributed by atoms with Crippen LogP contribution < -0.4 is 0 Å². The van der Waals surface area contributed by atoms with Gasteiger partial charge in [-0.05, 0) is 6.42 Å². The molecule has 0 aliphatic carbocycles. The van der Waals surface area contributed by atoms with Gasteiger partial charge in [-0.2, -0.15) is 0 Å². The molecule has 0 bridgehead atoms. The van der Waals surface area contributed by atoms with E-state index in [1.807, 2.05) is 6.92 Å². The molecule has 0 N–H and O–H groups in total. The first-order valence-corrected chi connectivity index (χ1v) is 16.4. The van der Waals surface area contributed by atoms with Gasteiger partial charge in [0.1, 0.15) is 13.2 Å². The van der Waals surface area contributed by atoms with Crippen LogP contribution in [0, 0.1) is 0 Å². The van der Waals surface area contributed by atoms with Crippen LogP contribution in [0.3, 0.4) is 0 Å². The molecule has 0 saturated carbocycles. The molecule has 0 aromatic heterocycles. The monoisotopic (exact) mass is 688 g/mol. The molecular weight excluding hydrogens is 628 g/mol. The maximum atomic E-state index is 11.2. The molecule has 0 saturated heterocycles. The number of rotatable bonds is 40. The van der Waals surface area contributed by atoms with Crippen molar-refractivity contribution in [3.05, 3.63) is 0 Å². The number of carbonyl (C=O) groups excluding carboxylic acids is 2. The average molecular weight is 689 g/mol. The highest BCUT2D eigenvalue weighted by Crippen LogP contribution is 1.91. The van der Waals surface area contributed by atoms with E-state index < -0.39 is 5.97 Å². The summed E-state index contributed by atoms with van der Waals surface area (Å²) in [7, 11) is 1.31. The topological polar surface area (TPSA) is 163 Å². The van der Waals surface area contributed by atoms with E-state index in [4.69, 9.17) is 61.6 Å². The third-order valence-electron chi connectivity index (χ3n) is 5.48. The predicted molar refractivity (Wildman–Crippen MR) is 168 cm³/mol. The third-order valence-corrected chi connectivity index (χ3v) is 5.48. The summed E-state index contributed by atoms with van der Waals surface area (Å²) in [5.74, 6) is -0.604. The van der Waals surface area contributed by atoms with Crippen LogP contribution in [0.25, 0.3) is 0 Å². The molecule has 0 rings (SSSR count). The fourth-order valence-electron chi connectivity index (χ4n) is 3.12. The second-order valence-corrected chi connectivity index (χ2v) is 9.34. The number of hydrogen-bond acceptors (Lipinski definition) is 16. The van der Waals surface area contributed by atoms with E-state index in [0.717, 1.165) is 6.42 Å². The fourth-order valence-corrected chi connectivity index (χ4v) is 3.12. The Morgan fingerprint density at radius 3 is 0.809 bits per heavy atom. The minimum absolute atomic E-state index is 0.0741. The Hall–Kier alpha value is -1.54. The molecule has 0 amide bonds. The van der Waals surface area contributed by atoms with Crippen molar-refractivity contribution in [2.24, 2.45) is 0 Å². The van der Waals surface area contributed by atoms with E-state index in [1.165, 1.54) is 7.11 Å². The maximum absolute atomic E-state index is 11.2. The first-order chi connectivity index (χ1) is 23.2. The zero-order valence-corrected chi connectivity index (χ0v) is 28.6. The number of ether oxygens (including phenoxy) is 14. The van der Waals surface area contributed by atoms with Crippen LogP contribution in [-0.2, 0) is 75.9 Å². The van der Waals surface area contributed by atoms with Crippen molar-refractivity contribution in [2.75, 3.05) is 172 Å². The van der Waals surface area contributed by atoms with Gasteiger partial charge in [0.15, 0.2) is 0 Å². The molecule has 0 heterocycles. The number of esters is 2. The lowest BCUT2D eigenvalue weighted by atomic mass is 10.3. The number of carbonyl (C=O) groups is 2. The van der Waals surface area contributed by atoms with Gasteiger partial charge in [0.25, 0.3) is 0 Å². The predicted octanol–water partition coefficient (Wildman–Crippen LogP) is 0.702. The summed E-state index contributed by atoms with van der Waals surface area (Å²) >= 11 is 0. The molecule has 0 atom stereocenters. The summed E-state index contributed by atoms with van der Waals surface area (Å²) in [6.45, 7) is 12.7. The molecule has 16 heteroatoms. The Morgan fingerprint density at radius 1 is 0.340 bits per heavy atom. The average Bonchev–Trinajstić information content (AvgIpc) is 3.07. The van der Waals surface area contributed by atoms with Crippen molar-refractivity contribution in [3.63, 3.8) is 0 Å². The minimum Gasteiger partial charge on any atom is -0.467 e. The van der Waals surface area contributed by atoms with Crippen molar-refractivity contribution in [1.29, 1.82) is 0 Å². The van der Waals surface area contributed by atoms with Crippen LogP contribution in [0.1, 0.15) is 19.8 Å². The standard InChI is InChI=1S/C31H60O16/c1-3-4-30(32)47-28-27-45-24-23-43-20-19-41-16-15-39-12-11-37-8-7-35-5-6-36-9-10-38-13-14-40-17-18-42-21-22-44-25-26-46-29-31(33)34-2/h3-29H2,1-2H3. The minimum atomic E-state index is -0.411. The summed E-state index contributed by atoms with van der Waals surface area (Å²) in [6.07, 6.45) is 1.22. The van der Waals surface area contributed by atoms with E-state index in [2.05, 4.69) is 4.74 Å². The molecular formula is C31H60O16. The van der Waals surface area contributed by atoms with Gasteiger partial charge in [0, 0.05) is 6.42 Å². The van der Waals surface area contributed by atoms with Crippen LogP contribution in [0.4, 0.5) is 0 Å². The van der Waals surface area contributed by atoms with Crippen molar-refractivity contribution >= 4 is 11.9 Å². The highest BCUT2D eigenvalue weighted by molar-refractivity contribution is 5.70. The van der Waals surface area contributed by atoms with Gasteiger partial charge in [-0.3, -0.25) is 4.79 Å². The Kier molecular flexibility index (Phi) is 39.3. The zero-order chi connectivity index (χ0) is 34.1. The molecule has 0 radical (unpaired) electrons. The summed E-state index contributed by atoms with van der Waals surface area (Å²) in [5.41, 5.74) is 0. The van der Waals surface area contributed by atoms with E-state index in [-0.39, 0.29) is 19.2 Å². The molecule has 0 spiro atoms. The van der Waals surface area contributed by atoms with Crippen molar-refractivity contribution in [3.8, 4) is 0 Å². The van der Waals surface area contributed by atoms with Gasteiger partial charge >= 0.3 is 11.9 Å². The van der Waals surface area contributed by atoms with Crippen molar-refractivity contribution in [2.45, 2.75) is 19.8 Å². The van der Waals surface area contributed by atoms with E-state index in [0.29, 0.717) is 158 Å². The van der Waals surface area contributed by atoms with Crippen LogP contribution in [0.2, 0.25) is 0 Å². The van der Waals surface area contributed by atoms with Crippen LogP contribution in [-0.4, -0.2) is 184 Å². The summed E-state index contributed by atoms with van der Waals surface area (Å²) in [4.78, 5) is 22.0. The lowest BCUT2D eigenvalue weighted by Crippen LogP contribution is -2.16. The lowest BCUT2D eigenvalue weighted by molar-refractivity contribution is -0.146. The molecule has 16 nitrogen and oxygen atoms in total. The van der Waals surface area contributed by atoms with E-state index >= 15 is 0 Å². The quantitative estimate of drug-likeness (QED) is 0.0652. The lowest BCUT2D eigenvalue weighted by Gasteiger charge is -2.09. The smallest absolute Gasteiger partial charge is 0.331 e. The van der Waals surface area contributed by atoms with Gasteiger partial charge in [0.2, 0.25) is 0 Å². The highest BCUT2D eigenvalue weighted by Gasteiger charge is 2.01. The summed E-state index contributed by atoms with van der Waals surface area (Å²) in [5, 5.41) is 0. The van der Waals surface area contributed by atoms with E-state index in [9.17, 15) is 9.59 Å². The van der Waals surface area contributed by atoms with Gasteiger partial charge in [-0.25, -0.2) is 4.79 Å². The number of methoxy groups -OCH3 is 1. The second kappa shape index (κ2) is 40.6. The van der Waals surface area contributed by atoms with Crippen LogP contribution in [0.15, 0.2) is 0 Å². The third kappa shape index (κ3) is 40.5. The van der Waals surface area contributed by atoms with Gasteiger partial charge < -0.3 is 66.3 Å². The summed E-state index contributed by atoms with van der Waals surface area (Å²) in [6, 6.07) is 0. The molecule has 280 valence electrons. The molecule has 0 fully saturated rings. The van der Waals surface area contributed by atoms with Crippen molar-refractivity contribution in [1.82, 2.24) is 0 Å². The fraction of sp³-hybridized carbons (Fsp3) is 0.935. The van der Waals surface area contributed by atoms with Gasteiger partial charge in [-0.1, -0.05) is 6.92 Å². The van der Waals surface area contributed by atoms with Crippen LogP contribution >= 0.6 is 0 Å². The molecule has 0 unspecified atom stereocenters. The van der Waals surface area contributed by atoms with Crippen LogP contribution in [0.5, 0.6) is 0 Å². The Morgan fingerprint density at radius 2 is 0.574 bits per heavy atom. The SMILES string of the molecule is CCCC(=O)OCCOCCOCCOCCOCCOCCOCCOCCOCCOCCOCCOCCOCC(=O)OC. The zero-order valence-electron chi connectivity index (χ0n) is 28.6. The molecule has 0 aromatic rings. The van der Waals surface area contributed by atoms with Crippen molar-refractivity contribution < 1.29 is 75.9 Å². The van der Waals surface area contributed by atoms with E-state index in [1.54, 1.807) is 0 Å². The second-order valence-electron chi connectivity index (χ2n) is 9.34. The Balaban J connectivity index is 3.07. The first-order valence-electron chi connectivity index (χ1n) is 16.4. The highest BCUT2D eigenvalue weighted by atomic mass is 16.6.